The van der Waals surface area contributed by atoms with Gasteiger partial charge in [-0.15, -0.1) is 0 Å². The number of aromatic amines is 1. The second-order valence-corrected chi connectivity index (χ2v) is 4.89. The SMILES string of the molecule is CC(C)C(CO)C(N)c1ccc2[nH]c(=O)oc2c1. The Bertz CT molecular complexity index is 585. The number of aliphatic hydroxyl groups excluding tert-OH is 1. The highest BCUT2D eigenvalue weighted by atomic mass is 16.4. The van der Waals surface area contributed by atoms with Gasteiger partial charge in [0.05, 0.1) is 5.52 Å². The monoisotopic (exact) mass is 250 g/mol. The Hall–Kier alpha value is -1.59. The van der Waals surface area contributed by atoms with Crippen molar-refractivity contribution in [3.8, 4) is 0 Å². The molecule has 2 atom stereocenters. The normalized spacial score (nSPS) is 15.2. The van der Waals surface area contributed by atoms with Crippen molar-refractivity contribution in [2.24, 2.45) is 17.6 Å². The third kappa shape index (κ3) is 2.32. The van der Waals surface area contributed by atoms with Crippen LogP contribution in [-0.2, 0) is 0 Å². The van der Waals surface area contributed by atoms with Crippen LogP contribution in [0.25, 0.3) is 11.1 Å². The van der Waals surface area contributed by atoms with E-state index in [9.17, 15) is 9.90 Å². The molecule has 0 amide bonds. The lowest BCUT2D eigenvalue weighted by Crippen LogP contribution is -2.28. The summed E-state index contributed by atoms with van der Waals surface area (Å²) in [4.78, 5) is 13.7. The van der Waals surface area contributed by atoms with Gasteiger partial charge in [-0.1, -0.05) is 19.9 Å². The number of hydrogen-bond acceptors (Lipinski definition) is 4. The number of nitrogens with one attached hydrogen (secondary N) is 1. The Morgan fingerprint density at radius 1 is 1.44 bits per heavy atom. The van der Waals surface area contributed by atoms with Crippen molar-refractivity contribution in [1.82, 2.24) is 4.98 Å². The number of aliphatic hydroxyl groups is 1. The molecule has 0 saturated carbocycles. The molecule has 4 N–H and O–H groups in total. The smallest absolute Gasteiger partial charge is 0.408 e. The first kappa shape index (κ1) is 12.9. The highest BCUT2D eigenvalue weighted by Crippen LogP contribution is 2.27. The molecule has 0 aliphatic rings. The van der Waals surface area contributed by atoms with Gasteiger partial charge in [0.1, 0.15) is 0 Å². The van der Waals surface area contributed by atoms with Gasteiger partial charge >= 0.3 is 5.76 Å². The minimum atomic E-state index is -0.474. The summed E-state index contributed by atoms with van der Waals surface area (Å²) in [6.07, 6.45) is 0. The predicted molar refractivity (Wildman–Crippen MR) is 69.2 cm³/mol. The number of nitrogens with two attached hydrogens (primary N) is 1. The van der Waals surface area contributed by atoms with Crippen molar-refractivity contribution >= 4 is 11.1 Å². The van der Waals surface area contributed by atoms with Gasteiger partial charge in [-0.05, 0) is 23.6 Å². The van der Waals surface area contributed by atoms with Gasteiger partial charge in [0.15, 0.2) is 5.58 Å². The van der Waals surface area contributed by atoms with E-state index in [-0.39, 0.29) is 24.5 Å². The van der Waals surface area contributed by atoms with Gasteiger partial charge in [0.2, 0.25) is 0 Å². The lowest BCUT2D eigenvalue weighted by Gasteiger charge is -2.25. The molecule has 0 saturated heterocycles. The van der Waals surface area contributed by atoms with E-state index in [1.54, 1.807) is 12.1 Å². The molecule has 2 rings (SSSR count). The molecule has 0 aliphatic heterocycles. The summed E-state index contributed by atoms with van der Waals surface area (Å²) in [7, 11) is 0. The molecule has 0 bridgehead atoms. The van der Waals surface area contributed by atoms with Crippen LogP contribution in [0.5, 0.6) is 0 Å². The van der Waals surface area contributed by atoms with Crippen molar-refractivity contribution in [1.29, 1.82) is 0 Å². The molecule has 5 nitrogen and oxygen atoms in total. The summed E-state index contributed by atoms with van der Waals surface area (Å²) in [5, 5.41) is 9.39. The molecule has 98 valence electrons. The maximum atomic E-state index is 11.1. The number of H-pyrrole nitrogens is 1. The molecule has 0 radical (unpaired) electrons. The minimum Gasteiger partial charge on any atom is -0.408 e. The number of oxazole rings is 1. The molecule has 0 aliphatic carbocycles. The van der Waals surface area contributed by atoms with E-state index >= 15 is 0 Å². The second kappa shape index (κ2) is 4.96. The first-order valence-electron chi connectivity index (χ1n) is 6.02. The number of aromatic nitrogens is 1. The van der Waals surface area contributed by atoms with Gasteiger partial charge in [-0.3, -0.25) is 4.98 Å². The average molecular weight is 250 g/mol. The summed E-state index contributed by atoms with van der Waals surface area (Å²) in [5.74, 6) is -0.217. The van der Waals surface area contributed by atoms with E-state index in [2.05, 4.69) is 4.98 Å². The molecule has 5 heteroatoms. The standard InChI is InChI=1S/C13H18N2O3/c1-7(2)9(6-16)12(14)8-3-4-10-11(5-8)18-13(17)15-10/h3-5,7,9,12,16H,6,14H2,1-2H3,(H,15,17). The highest BCUT2D eigenvalue weighted by Gasteiger charge is 2.22. The zero-order valence-electron chi connectivity index (χ0n) is 10.5. The molecule has 2 unspecified atom stereocenters. The third-order valence-electron chi connectivity index (χ3n) is 3.36. The number of benzene rings is 1. The van der Waals surface area contributed by atoms with Crippen LogP contribution in [0.2, 0.25) is 0 Å². The van der Waals surface area contributed by atoms with Crippen LogP contribution in [0.15, 0.2) is 27.4 Å². The summed E-state index contributed by atoms with van der Waals surface area (Å²) in [6.45, 7) is 4.08. The predicted octanol–water partition coefficient (Wildman–Crippen LogP) is 1.39. The van der Waals surface area contributed by atoms with E-state index in [1.165, 1.54) is 0 Å². The second-order valence-electron chi connectivity index (χ2n) is 4.89. The highest BCUT2D eigenvalue weighted by molar-refractivity contribution is 5.72. The fourth-order valence-corrected chi connectivity index (χ4v) is 2.16. The Kier molecular flexibility index (Phi) is 3.54. The van der Waals surface area contributed by atoms with Crippen LogP contribution in [0, 0.1) is 11.8 Å². The molecular formula is C13H18N2O3. The minimum absolute atomic E-state index is 0.0203. The van der Waals surface area contributed by atoms with E-state index < -0.39 is 5.76 Å². The molecule has 0 fully saturated rings. The van der Waals surface area contributed by atoms with Crippen molar-refractivity contribution in [2.45, 2.75) is 19.9 Å². The topological polar surface area (TPSA) is 92.2 Å². The van der Waals surface area contributed by atoms with Gasteiger partial charge in [0.25, 0.3) is 0 Å². The lowest BCUT2D eigenvalue weighted by molar-refractivity contribution is 0.166. The Morgan fingerprint density at radius 3 is 2.78 bits per heavy atom. The third-order valence-corrected chi connectivity index (χ3v) is 3.36. The van der Waals surface area contributed by atoms with Gasteiger partial charge in [0, 0.05) is 18.6 Å². The van der Waals surface area contributed by atoms with Crippen molar-refractivity contribution in [2.75, 3.05) is 6.61 Å². The maximum absolute atomic E-state index is 11.1. The quantitative estimate of drug-likeness (QED) is 0.764. The van der Waals surface area contributed by atoms with E-state index in [1.807, 2.05) is 19.9 Å². The Balaban J connectivity index is 2.37. The number of hydrogen-bond donors (Lipinski definition) is 3. The van der Waals surface area contributed by atoms with Crippen molar-refractivity contribution in [3.63, 3.8) is 0 Å². The van der Waals surface area contributed by atoms with Crippen LogP contribution in [0.1, 0.15) is 25.5 Å². The molecule has 1 aromatic carbocycles. The first-order chi connectivity index (χ1) is 8.52. The van der Waals surface area contributed by atoms with Crippen LogP contribution in [0.4, 0.5) is 0 Å². The van der Waals surface area contributed by atoms with Crippen LogP contribution in [0.3, 0.4) is 0 Å². The molecule has 1 heterocycles. The zero-order valence-corrected chi connectivity index (χ0v) is 10.5. The van der Waals surface area contributed by atoms with Gasteiger partial charge in [-0.2, -0.15) is 0 Å². The number of rotatable bonds is 4. The lowest BCUT2D eigenvalue weighted by atomic mass is 9.85. The first-order valence-corrected chi connectivity index (χ1v) is 6.02. The fraction of sp³-hybridized carbons (Fsp3) is 0.462. The molecular weight excluding hydrogens is 232 g/mol. The summed E-state index contributed by atoms with van der Waals surface area (Å²) in [5.41, 5.74) is 8.17. The Morgan fingerprint density at radius 2 is 2.17 bits per heavy atom. The summed E-state index contributed by atoms with van der Waals surface area (Å²) in [6, 6.07) is 5.09. The zero-order chi connectivity index (χ0) is 13.3. The van der Waals surface area contributed by atoms with Gasteiger partial charge in [-0.25, -0.2) is 4.79 Å². The number of fused-ring (bicyclic) bond motifs is 1. The summed E-state index contributed by atoms with van der Waals surface area (Å²) >= 11 is 0. The van der Waals surface area contributed by atoms with Crippen LogP contribution < -0.4 is 11.5 Å². The fourth-order valence-electron chi connectivity index (χ4n) is 2.16. The largest absolute Gasteiger partial charge is 0.417 e. The molecule has 18 heavy (non-hydrogen) atoms. The van der Waals surface area contributed by atoms with E-state index in [0.717, 1.165) is 5.56 Å². The van der Waals surface area contributed by atoms with Crippen molar-refractivity contribution in [3.05, 3.63) is 34.3 Å². The Labute approximate surface area is 105 Å². The molecule has 0 spiro atoms. The average Bonchev–Trinajstić information content (AvgIpc) is 2.68. The van der Waals surface area contributed by atoms with Crippen LogP contribution in [-0.4, -0.2) is 16.7 Å². The summed E-state index contributed by atoms with van der Waals surface area (Å²) < 4.78 is 5.00. The van der Waals surface area contributed by atoms with E-state index in [0.29, 0.717) is 11.1 Å². The molecule has 2 aromatic rings. The maximum Gasteiger partial charge on any atom is 0.417 e. The van der Waals surface area contributed by atoms with E-state index in [4.69, 9.17) is 10.2 Å². The molecule has 1 aromatic heterocycles. The van der Waals surface area contributed by atoms with Crippen molar-refractivity contribution < 1.29 is 9.52 Å². The van der Waals surface area contributed by atoms with Crippen LogP contribution >= 0.6 is 0 Å². The van der Waals surface area contributed by atoms with Gasteiger partial charge < -0.3 is 15.3 Å².